The van der Waals surface area contributed by atoms with Crippen LogP contribution in [0.15, 0.2) is 152 Å². The zero-order chi connectivity index (χ0) is 34.3. The highest BCUT2D eigenvalue weighted by atomic mass is 15.1. The summed E-state index contributed by atoms with van der Waals surface area (Å²) < 4.78 is 5.12. The van der Waals surface area contributed by atoms with Gasteiger partial charge in [0, 0.05) is 28.7 Å². The Labute approximate surface area is 298 Å². The second-order valence-electron chi connectivity index (χ2n) is 15.7. The normalized spacial score (nSPS) is 20.5. The first-order chi connectivity index (χ1) is 24.8. The highest BCUT2D eigenvalue weighted by molar-refractivity contribution is 6.14. The molecule has 3 aliphatic rings. The third kappa shape index (κ3) is 3.50. The van der Waals surface area contributed by atoms with Gasteiger partial charge in [-0.25, -0.2) is 0 Å². The molecule has 51 heavy (non-hydrogen) atoms. The van der Waals surface area contributed by atoms with Gasteiger partial charge in [-0.15, -0.1) is 0 Å². The van der Waals surface area contributed by atoms with Crippen LogP contribution < -0.4 is 4.57 Å². The molecule has 2 atom stereocenters. The molecule has 8 aromatic rings. The molecular formula is C49H39N2+. The molecule has 244 valence electrons. The number of para-hydroxylation sites is 1. The molecule has 0 saturated heterocycles. The maximum atomic E-state index is 2.59. The van der Waals surface area contributed by atoms with Gasteiger partial charge in [0.05, 0.1) is 33.1 Å². The number of aromatic nitrogens is 2. The third-order valence-corrected chi connectivity index (χ3v) is 13.0. The maximum Gasteiger partial charge on any atom is 0.221 e. The smallest absolute Gasteiger partial charge is 0.221 e. The molecule has 0 spiro atoms. The lowest BCUT2D eigenvalue weighted by molar-refractivity contribution is -0.757. The summed E-state index contributed by atoms with van der Waals surface area (Å²) in [4.78, 5) is 0. The van der Waals surface area contributed by atoms with Gasteiger partial charge >= 0.3 is 0 Å². The SMILES string of the molecule is CCC12C=CC1(C)c1ccc(-c3cc4c5c(c3)c3cc(-c6ccccc6)ccc3n5-c3ccccc3C4(C)C)cc1-c1c3ccccc3cc[n+]12. The van der Waals surface area contributed by atoms with E-state index in [-0.39, 0.29) is 16.4 Å². The minimum atomic E-state index is -0.171. The molecule has 2 nitrogen and oxygen atoms in total. The molecule has 0 bridgehead atoms. The Morgan fingerprint density at radius 3 is 2.14 bits per heavy atom. The van der Waals surface area contributed by atoms with E-state index in [1.54, 1.807) is 0 Å². The first kappa shape index (κ1) is 29.0. The Morgan fingerprint density at radius 2 is 1.31 bits per heavy atom. The largest absolute Gasteiger partial charge is 0.309 e. The van der Waals surface area contributed by atoms with Crippen LogP contribution in [0.5, 0.6) is 0 Å². The van der Waals surface area contributed by atoms with E-state index in [0.717, 1.165) is 6.42 Å². The van der Waals surface area contributed by atoms with Crippen molar-refractivity contribution in [3.05, 3.63) is 168 Å². The van der Waals surface area contributed by atoms with E-state index in [4.69, 9.17) is 0 Å². The molecule has 2 aliphatic heterocycles. The predicted octanol–water partition coefficient (Wildman–Crippen LogP) is 11.8. The molecule has 1 aliphatic carbocycles. The Kier molecular flexibility index (Phi) is 5.54. The summed E-state index contributed by atoms with van der Waals surface area (Å²) in [6, 6.07) is 50.3. The lowest BCUT2D eigenvalue weighted by Gasteiger charge is -2.50. The van der Waals surface area contributed by atoms with Crippen LogP contribution in [0.3, 0.4) is 0 Å². The van der Waals surface area contributed by atoms with Crippen molar-refractivity contribution in [3.8, 4) is 39.2 Å². The molecule has 4 heterocycles. The Bertz CT molecular complexity index is 2830. The van der Waals surface area contributed by atoms with Crippen molar-refractivity contribution in [1.82, 2.24) is 4.57 Å². The van der Waals surface area contributed by atoms with Crippen molar-refractivity contribution in [2.24, 2.45) is 0 Å². The van der Waals surface area contributed by atoms with E-state index >= 15 is 0 Å². The van der Waals surface area contributed by atoms with E-state index in [2.05, 4.69) is 189 Å². The minimum absolute atomic E-state index is 0.0698. The van der Waals surface area contributed by atoms with E-state index in [9.17, 15) is 0 Å². The molecular weight excluding hydrogens is 617 g/mol. The molecule has 0 saturated carbocycles. The molecule has 0 amide bonds. The average molecular weight is 656 g/mol. The van der Waals surface area contributed by atoms with E-state index in [1.165, 1.54) is 88.5 Å². The van der Waals surface area contributed by atoms with Crippen molar-refractivity contribution < 1.29 is 4.57 Å². The molecule has 6 aromatic carbocycles. The number of rotatable bonds is 3. The van der Waals surface area contributed by atoms with Crippen molar-refractivity contribution >= 4 is 32.6 Å². The number of pyridine rings is 1. The third-order valence-electron chi connectivity index (χ3n) is 13.0. The fourth-order valence-electron chi connectivity index (χ4n) is 10.2. The van der Waals surface area contributed by atoms with Gasteiger partial charge in [-0.3, -0.25) is 0 Å². The molecule has 2 unspecified atom stereocenters. The lowest BCUT2D eigenvalue weighted by atomic mass is 9.54. The molecule has 2 aromatic heterocycles. The topological polar surface area (TPSA) is 8.81 Å². The van der Waals surface area contributed by atoms with E-state index < -0.39 is 0 Å². The zero-order valence-corrected chi connectivity index (χ0v) is 29.5. The fourth-order valence-corrected chi connectivity index (χ4v) is 10.2. The van der Waals surface area contributed by atoms with Gasteiger partial charge in [0.1, 0.15) is 0 Å². The van der Waals surface area contributed by atoms with Gasteiger partial charge in [0.25, 0.3) is 0 Å². The number of hydrogen-bond donors (Lipinski definition) is 0. The van der Waals surface area contributed by atoms with Crippen molar-refractivity contribution in [3.63, 3.8) is 0 Å². The van der Waals surface area contributed by atoms with Crippen LogP contribution in [0.25, 0.3) is 71.8 Å². The highest BCUT2D eigenvalue weighted by Gasteiger charge is 2.63. The number of benzene rings is 6. The molecule has 0 N–H and O–H groups in total. The highest BCUT2D eigenvalue weighted by Crippen LogP contribution is 2.56. The second-order valence-corrected chi connectivity index (χ2v) is 15.7. The van der Waals surface area contributed by atoms with Crippen LogP contribution in [-0.4, -0.2) is 4.57 Å². The van der Waals surface area contributed by atoms with Gasteiger partial charge in [-0.05, 0) is 99.8 Å². The lowest BCUT2D eigenvalue weighted by Crippen LogP contribution is -2.71. The van der Waals surface area contributed by atoms with Gasteiger partial charge in [0.15, 0.2) is 11.7 Å². The molecule has 11 rings (SSSR count). The summed E-state index contributed by atoms with van der Waals surface area (Å²) in [5.41, 5.74) is 15.4. The van der Waals surface area contributed by atoms with Crippen LogP contribution in [-0.2, 0) is 16.4 Å². The molecule has 2 heteroatoms. The standard InChI is InChI=1S/C49H39N2/c1-5-49-25-24-48(49,4)40-21-19-34(28-39(40)45-36-16-10-9-15-32(36)23-26-50(45)49)35-29-38-37-27-33(31-13-7-6-8-14-31)20-22-43(37)51-44-18-12-11-17-41(44)47(2,3)42(30-35)46(38)51/h6-30H,5H2,1-4H3/q+1. The number of fused-ring (bicyclic) bond motifs is 13. The average Bonchev–Trinajstić information content (AvgIpc) is 3.50. The number of nitrogens with zero attached hydrogens (tertiary/aromatic N) is 2. The summed E-state index contributed by atoms with van der Waals surface area (Å²) in [5.74, 6) is 0. The minimum Gasteiger partial charge on any atom is -0.309 e. The van der Waals surface area contributed by atoms with Gasteiger partial charge < -0.3 is 4.57 Å². The quantitative estimate of drug-likeness (QED) is 0.132. The molecule has 0 radical (unpaired) electrons. The van der Waals surface area contributed by atoms with Crippen molar-refractivity contribution in [2.45, 2.75) is 50.5 Å². The van der Waals surface area contributed by atoms with Crippen LogP contribution in [0.4, 0.5) is 0 Å². The summed E-state index contributed by atoms with van der Waals surface area (Å²) in [6.45, 7) is 9.59. The van der Waals surface area contributed by atoms with Crippen LogP contribution >= 0.6 is 0 Å². The van der Waals surface area contributed by atoms with Crippen molar-refractivity contribution in [2.75, 3.05) is 0 Å². The number of hydrogen-bond acceptors (Lipinski definition) is 0. The first-order valence-corrected chi connectivity index (χ1v) is 18.4. The maximum absolute atomic E-state index is 2.59. The van der Waals surface area contributed by atoms with Gasteiger partial charge in [0.2, 0.25) is 5.69 Å². The van der Waals surface area contributed by atoms with Crippen LogP contribution in [0, 0.1) is 0 Å². The zero-order valence-electron chi connectivity index (χ0n) is 29.5. The Hall–Kier alpha value is -5.73. The van der Waals surface area contributed by atoms with E-state index in [1.807, 2.05) is 0 Å². The first-order valence-electron chi connectivity index (χ1n) is 18.4. The van der Waals surface area contributed by atoms with Crippen molar-refractivity contribution in [1.29, 1.82) is 0 Å². The van der Waals surface area contributed by atoms with Crippen LogP contribution in [0.2, 0.25) is 0 Å². The van der Waals surface area contributed by atoms with Gasteiger partial charge in [-0.2, -0.15) is 4.57 Å². The fraction of sp³-hybridized carbons (Fsp3) is 0.163. The number of allylic oxidation sites excluding steroid dienone is 2. The Balaban J connectivity index is 1.22. The second kappa shape index (κ2) is 9.74. The molecule has 0 fully saturated rings. The van der Waals surface area contributed by atoms with E-state index in [0.29, 0.717) is 0 Å². The van der Waals surface area contributed by atoms with Gasteiger partial charge in [-0.1, -0.05) is 112 Å². The predicted molar refractivity (Wildman–Crippen MR) is 212 cm³/mol. The summed E-state index contributed by atoms with van der Waals surface area (Å²) in [5, 5.41) is 5.21. The summed E-state index contributed by atoms with van der Waals surface area (Å²) in [7, 11) is 0. The summed E-state index contributed by atoms with van der Waals surface area (Å²) in [6.07, 6.45) is 8.27. The Morgan fingerprint density at radius 1 is 0.569 bits per heavy atom. The monoisotopic (exact) mass is 655 g/mol. The summed E-state index contributed by atoms with van der Waals surface area (Å²) >= 11 is 0. The van der Waals surface area contributed by atoms with Crippen LogP contribution in [0.1, 0.15) is 50.8 Å².